The summed E-state index contributed by atoms with van der Waals surface area (Å²) >= 11 is 1.69. The second kappa shape index (κ2) is 6.78. The van der Waals surface area contributed by atoms with Crippen LogP contribution in [0.4, 0.5) is 0 Å². The molecule has 0 saturated carbocycles. The van der Waals surface area contributed by atoms with E-state index in [9.17, 15) is 4.79 Å². The van der Waals surface area contributed by atoms with E-state index in [4.69, 9.17) is 10.5 Å². The minimum atomic E-state index is 0.124. The summed E-state index contributed by atoms with van der Waals surface area (Å²) in [6.07, 6.45) is 2.02. The molecule has 1 rings (SSSR count). The second-order valence-electron chi connectivity index (χ2n) is 5.76. The lowest BCUT2D eigenvalue weighted by Crippen LogP contribution is -2.51. The van der Waals surface area contributed by atoms with Gasteiger partial charge in [0.1, 0.15) is 0 Å². The summed E-state index contributed by atoms with van der Waals surface area (Å²) in [6, 6.07) is 0.136. The van der Waals surface area contributed by atoms with Gasteiger partial charge in [-0.2, -0.15) is 0 Å². The van der Waals surface area contributed by atoms with Crippen LogP contribution in [0.15, 0.2) is 0 Å². The molecule has 1 saturated heterocycles. The van der Waals surface area contributed by atoms with E-state index in [2.05, 4.69) is 20.8 Å². The van der Waals surface area contributed by atoms with Crippen molar-refractivity contribution in [1.82, 2.24) is 4.90 Å². The standard InChI is InChI=1S/C13H26N2O2S/c1-13(2,3)18-9-12(16)15-6-5-11(17-4)7-10(15)8-14/h10-11H,5-9,14H2,1-4H3. The first-order valence-electron chi connectivity index (χ1n) is 6.53. The number of piperidine rings is 1. The van der Waals surface area contributed by atoms with E-state index in [0.717, 1.165) is 19.4 Å². The summed E-state index contributed by atoms with van der Waals surface area (Å²) in [4.78, 5) is 14.2. The molecule has 18 heavy (non-hydrogen) atoms. The SMILES string of the molecule is COC1CCN(C(=O)CSC(C)(C)C)C(CN)C1. The zero-order valence-electron chi connectivity index (χ0n) is 11.9. The third kappa shape index (κ3) is 4.78. The summed E-state index contributed by atoms with van der Waals surface area (Å²) in [6.45, 7) is 7.67. The molecule has 1 amide bonds. The lowest BCUT2D eigenvalue weighted by atomic mass is 9.99. The lowest BCUT2D eigenvalue weighted by molar-refractivity contribution is -0.133. The predicted octanol–water partition coefficient (Wildman–Crippen LogP) is 1.48. The first-order valence-corrected chi connectivity index (χ1v) is 7.52. The quantitative estimate of drug-likeness (QED) is 0.844. The summed E-state index contributed by atoms with van der Waals surface area (Å²) in [5.41, 5.74) is 5.77. The van der Waals surface area contributed by atoms with Gasteiger partial charge in [0.2, 0.25) is 5.91 Å². The molecule has 0 aromatic carbocycles. The zero-order chi connectivity index (χ0) is 13.8. The molecule has 2 N–H and O–H groups in total. The number of likely N-dealkylation sites (tertiary alicyclic amines) is 1. The number of methoxy groups -OCH3 is 1. The highest BCUT2D eigenvalue weighted by Crippen LogP contribution is 2.25. The lowest BCUT2D eigenvalue weighted by Gasteiger charge is -2.38. The molecule has 2 atom stereocenters. The molecule has 1 fully saturated rings. The molecule has 0 aliphatic carbocycles. The van der Waals surface area contributed by atoms with Crippen molar-refractivity contribution in [2.75, 3.05) is 26.0 Å². The predicted molar refractivity (Wildman–Crippen MR) is 76.8 cm³/mol. The Hall–Kier alpha value is -0.260. The van der Waals surface area contributed by atoms with E-state index in [1.165, 1.54) is 0 Å². The molecule has 2 unspecified atom stereocenters. The Morgan fingerprint density at radius 1 is 1.50 bits per heavy atom. The van der Waals surface area contributed by atoms with Crippen LogP contribution in [0.3, 0.4) is 0 Å². The van der Waals surface area contributed by atoms with Gasteiger partial charge in [-0.15, -0.1) is 11.8 Å². The minimum Gasteiger partial charge on any atom is -0.381 e. The molecule has 1 aliphatic heterocycles. The molecule has 1 aliphatic rings. The van der Waals surface area contributed by atoms with Crippen LogP contribution >= 0.6 is 11.8 Å². The van der Waals surface area contributed by atoms with Gasteiger partial charge < -0.3 is 15.4 Å². The van der Waals surface area contributed by atoms with E-state index in [1.807, 2.05) is 4.90 Å². The van der Waals surface area contributed by atoms with Crippen LogP contribution in [0.2, 0.25) is 0 Å². The normalized spacial score (nSPS) is 25.3. The maximum atomic E-state index is 12.2. The molecular formula is C13H26N2O2S. The number of nitrogens with two attached hydrogens (primary N) is 1. The van der Waals surface area contributed by atoms with Gasteiger partial charge in [-0.25, -0.2) is 0 Å². The van der Waals surface area contributed by atoms with Crippen molar-refractivity contribution in [3.63, 3.8) is 0 Å². The number of rotatable bonds is 4. The summed E-state index contributed by atoms with van der Waals surface area (Å²) in [7, 11) is 1.73. The molecule has 1 heterocycles. The Kier molecular flexibility index (Phi) is 5.95. The minimum absolute atomic E-state index is 0.124. The van der Waals surface area contributed by atoms with Crippen LogP contribution in [-0.2, 0) is 9.53 Å². The van der Waals surface area contributed by atoms with Crippen molar-refractivity contribution >= 4 is 17.7 Å². The van der Waals surface area contributed by atoms with Crippen molar-refractivity contribution in [2.24, 2.45) is 5.73 Å². The first kappa shape index (κ1) is 15.8. The van der Waals surface area contributed by atoms with Crippen LogP contribution in [-0.4, -0.2) is 53.7 Å². The number of hydrogen-bond donors (Lipinski definition) is 1. The number of carbonyl (C=O) groups is 1. The molecule has 0 aromatic rings. The molecule has 0 spiro atoms. The smallest absolute Gasteiger partial charge is 0.232 e. The van der Waals surface area contributed by atoms with Gasteiger partial charge >= 0.3 is 0 Å². The summed E-state index contributed by atoms with van der Waals surface area (Å²) in [5.74, 6) is 0.748. The maximum Gasteiger partial charge on any atom is 0.232 e. The number of ether oxygens (including phenoxy) is 1. The molecule has 0 bridgehead atoms. The highest BCUT2D eigenvalue weighted by molar-refractivity contribution is 8.01. The van der Waals surface area contributed by atoms with Crippen molar-refractivity contribution in [2.45, 2.75) is 50.5 Å². The fourth-order valence-corrected chi connectivity index (χ4v) is 2.86. The van der Waals surface area contributed by atoms with Crippen molar-refractivity contribution < 1.29 is 9.53 Å². The molecule has 0 aromatic heterocycles. The number of hydrogen-bond acceptors (Lipinski definition) is 4. The van der Waals surface area contributed by atoms with Gasteiger partial charge in [-0.1, -0.05) is 20.8 Å². The topological polar surface area (TPSA) is 55.6 Å². The van der Waals surface area contributed by atoms with Crippen LogP contribution in [0.25, 0.3) is 0 Å². The van der Waals surface area contributed by atoms with Crippen molar-refractivity contribution in [1.29, 1.82) is 0 Å². The van der Waals surface area contributed by atoms with Gasteiger partial charge in [0.05, 0.1) is 11.9 Å². The number of nitrogens with zero attached hydrogens (tertiary/aromatic N) is 1. The molecular weight excluding hydrogens is 248 g/mol. The van der Waals surface area contributed by atoms with E-state index in [1.54, 1.807) is 18.9 Å². The fraction of sp³-hybridized carbons (Fsp3) is 0.923. The van der Waals surface area contributed by atoms with Crippen LogP contribution in [0.1, 0.15) is 33.6 Å². The van der Waals surface area contributed by atoms with E-state index >= 15 is 0 Å². The summed E-state index contributed by atoms with van der Waals surface area (Å²) in [5, 5.41) is 0. The highest BCUT2D eigenvalue weighted by Gasteiger charge is 2.31. The number of thioether (sulfide) groups is 1. The maximum absolute atomic E-state index is 12.2. The zero-order valence-corrected chi connectivity index (χ0v) is 12.8. The van der Waals surface area contributed by atoms with E-state index in [0.29, 0.717) is 12.3 Å². The van der Waals surface area contributed by atoms with Crippen molar-refractivity contribution in [3.8, 4) is 0 Å². The Balaban J connectivity index is 2.51. The van der Waals surface area contributed by atoms with Gasteiger partial charge in [0, 0.05) is 31.0 Å². The fourth-order valence-electron chi connectivity index (χ4n) is 2.14. The van der Waals surface area contributed by atoms with Gasteiger partial charge in [-0.3, -0.25) is 4.79 Å². The summed E-state index contributed by atoms with van der Waals surface area (Å²) < 4.78 is 5.49. The Morgan fingerprint density at radius 2 is 2.17 bits per heavy atom. The Bertz CT molecular complexity index is 279. The Morgan fingerprint density at radius 3 is 2.67 bits per heavy atom. The number of carbonyl (C=O) groups excluding carboxylic acids is 1. The van der Waals surface area contributed by atoms with Gasteiger partial charge in [-0.05, 0) is 12.8 Å². The average Bonchev–Trinajstić information content (AvgIpc) is 2.34. The number of amides is 1. The monoisotopic (exact) mass is 274 g/mol. The van der Waals surface area contributed by atoms with Gasteiger partial charge in [0.15, 0.2) is 0 Å². The molecule has 0 radical (unpaired) electrons. The second-order valence-corrected chi connectivity index (χ2v) is 7.56. The van der Waals surface area contributed by atoms with Crippen LogP contribution in [0, 0.1) is 0 Å². The largest absolute Gasteiger partial charge is 0.381 e. The highest BCUT2D eigenvalue weighted by atomic mass is 32.2. The first-order chi connectivity index (χ1) is 8.37. The van der Waals surface area contributed by atoms with Crippen LogP contribution < -0.4 is 5.73 Å². The van der Waals surface area contributed by atoms with Crippen molar-refractivity contribution in [3.05, 3.63) is 0 Å². The molecule has 5 heteroatoms. The van der Waals surface area contributed by atoms with E-state index in [-0.39, 0.29) is 22.8 Å². The molecule has 4 nitrogen and oxygen atoms in total. The average molecular weight is 274 g/mol. The van der Waals surface area contributed by atoms with E-state index < -0.39 is 0 Å². The molecule has 106 valence electrons. The third-order valence-corrected chi connectivity index (χ3v) is 4.48. The van der Waals surface area contributed by atoms with Crippen LogP contribution in [0.5, 0.6) is 0 Å². The van der Waals surface area contributed by atoms with Gasteiger partial charge in [0.25, 0.3) is 0 Å². The third-order valence-electron chi connectivity index (χ3n) is 3.22. The Labute approximate surface area is 115 Å².